The summed E-state index contributed by atoms with van der Waals surface area (Å²) in [4.78, 5) is 12.0. The molecule has 1 fully saturated rings. The summed E-state index contributed by atoms with van der Waals surface area (Å²) in [7, 11) is -3.58. The second kappa shape index (κ2) is 6.74. The molecule has 0 aliphatic heterocycles. The number of nitrogens with one attached hydrogen (secondary N) is 2. The highest BCUT2D eigenvalue weighted by Crippen LogP contribution is 2.30. The zero-order valence-corrected chi connectivity index (χ0v) is 14.7. The number of amides is 1. The van der Waals surface area contributed by atoms with E-state index in [0.29, 0.717) is 17.2 Å². The van der Waals surface area contributed by atoms with Crippen molar-refractivity contribution in [2.45, 2.75) is 24.0 Å². The number of sulfonamides is 1. The van der Waals surface area contributed by atoms with Gasteiger partial charge in [0.2, 0.25) is 0 Å². The molecule has 0 saturated heterocycles. The molecule has 1 heterocycles. The molecule has 24 heavy (non-hydrogen) atoms. The standard InChI is InChI=1S/C16H17N3O3S2/c1-11(12-4-5-12)17-18-16(20)13-6-8-14(9-7-13)19-24(21,22)15-3-2-10-23-15/h2-3,6-10,12,19H,4-5H2,1H3,(H,18,20)/b17-11+. The second-order valence-electron chi connectivity index (χ2n) is 5.58. The molecular weight excluding hydrogens is 346 g/mol. The Hall–Kier alpha value is -2.19. The zero-order chi connectivity index (χ0) is 17.2. The van der Waals surface area contributed by atoms with Gasteiger partial charge in [-0.15, -0.1) is 11.3 Å². The van der Waals surface area contributed by atoms with Crippen molar-refractivity contribution in [3.8, 4) is 0 Å². The van der Waals surface area contributed by atoms with Crippen molar-refractivity contribution in [3.05, 3.63) is 47.3 Å². The van der Waals surface area contributed by atoms with E-state index in [-0.39, 0.29) is 10.1 Å². The molecule has 3 rings (SSSR count). The molecule has 1 amide bonds. The number of hydrazone groups is 1. The highest BCUT2D eigenvalue weighted by Gasteiger charge is 2.24. The summed E-state index contributed by atoms with van der Waals surface area (Å²) in [6, 6.07) is 9.44. The molecule has 1 aliphatic rings. The van der Waals surface area contributed by atoms with Crippen LogP contribution in [0.1, 0.15) is 30.1 Å². The lowest BCUT2D eigenvalue weighted by Gasteiger charge is -2.07. The van der Waals surface area contributed by atoms with Crippen LogP contribution >= 0.6 is 11.3 Å². The highest BCUT2D eigenvalue weighted by molar-refractivity contribution is 7.94. The van der Waals surface area contributed by atoms with Crippen LogP contribution in [0.4, 0.5) is 5.69 Å². The van der Waals surface area contributed by atoms with E-state index in [9.17, 15) is 13.2 Å². The van der Waals surface area contributed by atoms with Crippen molar-refractivity contribution in [3.63, 3.8) is 0 Å². The van der Waals surface area contributed by atoms with E-state index < -0.39 is 10.0 Å². The fraction of sp³-hybridized carbons (Fsp3) is 0.250. The van der Waals surface area contributed by atoms with Crippen molar-refractivity contribution in [1.29, 1.82) is 0 Å². The van der Waals surface area contributed by atoms with Gasteiger partial charge in [0.05, 0.1) is 0 Å². The van der Waals surface area contributed by atoms with Gasteiger partial charge in [0.15, 0.2) is 0 Å². The summed E-state index contributed by atoms with van der Waals surface area (Å²) in [6.45, 7) is 1.90. The van der Waals surface area contributed by atoms with Gasteiger partial charge in [-0.25, -0.2) is 13.8 Å². The van der Waals surface area contributed by atoms with E-state index in [1.54, 1.807) is 35.7 Å². The van der Waals surface area contributed by atoms with E-state index >= 15 is 0 Å². The Bertz CT molecular complexity index is 852. The summed E-state index contributed by atoms with van der Waals surface area (Å²) < 4.78 is 27.0. The van der Waals surface area contributed by atoms with Gasteiger partial charge in [-0.2, -0.15) is 5.10 Å². The third kappa shape index (κ3) is 4.01. The van der Waals surface area contributed by atoms with Gasteiger partial charge in [0.1, 0.15) is 4.21 Å². The average molecular weight is 363 g/mol. The first-order chi connectivity index (χ1) is 11.5. The van der Waals surface area contributed by atoms with Gasteiger partial charge in [-0.3, -0.25) is 9.52 Å². The Kier molecular flexibility index (Phi) is 4.68. The molecule has 2 N–H and O–H groups in total. The molecule has 0 atom stereocenters. The van der Waals surface area contributed by atoms with Gasteiger partial charge in [-0.05, 0) is 61.4 Å². The molecule has 0 unspecified atom stereocenters. The molecule has 8 heteroatoms. The largest absolute Gasteiger partial charge is 0.279 e. The maximum absolute atomic E-state index is 12.1. The predicted octanol–water partition coefficient (Wildman–Crippen LogP) is 3.06. The number of rotatable bonds is 6. The second-order valence-corrected chi connectivity index (χ2v) is 8.44. The Morgan fingerprint density at radius 1 is 1.21 bits per heavy atom. The van der Waals surface area contributed by atoms with Crippen molar-refractivity contribution in [2.24, 2.45) is 11.0 Å². The van der Waals surface area contributed by atoms with Crippen LogP contribution in [0.15, 0.2) is 51.1 Å². The zero-order valence-electron chi connectivity index (χ0n) is 13.0. The fourth-order valence-electron chi connectivity index (χ4n) is 2.11. The van der Waals surface area contributed by atoms with Crippen molar-refractivity contribution in [2.75, 3.05) is 4.72 Å². The molecule has 1 aromatic carbocycles. The van der Waals surface area contributed by atoms with Crippen LogP contribution in [0, 0.1) is 5.92 Å². The third-order valence-electron chi connectivity index (χ3n) is 3.66. The predicted molar refractivity (Wildman–Crippen MR) is 94.9 cm³/mol. The van der Waals surface area contributed by atoms with Gasteiger partial charge in [-0.1, -0.05) is 6.07 Å². The van der Waals surface area contributed by atoms with Gasteiger partial charge in [0, 0.05) is 17.0 Å². The minimum atomic E-state index is -3.58. The van der Waals surface area contributed by atoms with Gasteiger partial charge < -0.3 is 0 Å². The molecule has 0 radical (unpaired) electrons. The maximum Gasteiger partial charge on any atom is 0.271 e. The first kappa shape index (κ1) is 16.7. The summed E-state index contributed by atoms with van der Waals surface area (Å²) in [5.74, 6) is 0.182. The molecule has 0 spiro atoms. The fourth-order valence-corrected chi connectivity index (χ4v) is 4.16. The normalized spacial score (nSPS) is 15.1. The van der Waals surface area contributed by atoms with E-state index in [0.717, 1.165) is 29.9 Å². The summed E-state index contributed by atoms with van der Waals surface area (Å²) in [5, 5.41) is 5.79. The van der Waals surface area contributed by atoms with E-state index in [1.165, 1.54) is 6.07 Å². The molecule has 2 aromatic rings. The number of carbonyl (C=O) groups excluding carboxylic acids is 1. The number of carbonyl (C=O) groups is 1. The van der Waals surface area contributed by atoms with Crippen LogP contribution in [0.2, 0.25) is 0 Å². The molecule has 0 bridgehead atoms. The topological polar surface area (TPSA) is 87.6 Å². The molecular formula is C16H17N3O3S2. The first-order valence-corrected chi connectivity index (χ1v) is 9.83. The minimum Gasteiger partial charge on any atom is -0.279 e. The lowest BCUT2D eigenvalue weighted by molar-refractivity contribution is 0.0954. The molecule has 1 aliphatic carbocycles. The van der Waals surface area contributed by atoms with Crippen LogP contribution in [-0.4, -0.2) is 20.0 Å². The molecule has 1 saturated carbocycles. The van der Waals surface area contributed by atoms with E-state index in [2.05, 4.69) is 15.2 Å². The molecule has 6 nitrogen and oxygen atoms in total. The van der Waals surface area contributed by atoms with Crippen LogP contribution in [0.25, 0.3) is 0 Å². The number of benzene rings is 1. The first-order valence-electron chi connectivity index (χ1n) is 7.46. The Labute approximate surface area is 144 Å². The summed E-state index contributed by atoms with van der Waals surface area (Å²) >= 11 is 1.14. The van der Waals surface area contributed by atoms with Crippen molar-refractivity contribution < 1.29 is 13.2 Å². The van der Waals surface area contributed by atoms with Gasteiger partial charge in [0.25, 0.3) is 15.9 Å². The number of thiophene rings is 1. The monoisotopic (exact) mass is 363 g/mol. The van der Waals surface area contributed by atoms with Gasteiger partial charge >= 0.3 is 0 Å². The lowest BCUT2D eigenvalue weighted by Crippen LogP contribution is -2.19. The maximum atomic E-state index is 12.1. The van der Waals surface area contributed by atoms with E-state index in [4.69, 9.17) is 0 Å². The van der Waals surface area contributed by atoms with Crippen molar-refractivity contribution >= 4 is 38.7 Å². The third-order valence-corrected chi connectivity index (χ3v) is 6.44. The number of hydrogen-bond acceptors (Lipinski definition) is 5. The number of nitrogens with zero attached hydrogens (tertiary/aromatic N) is 1. The number of anilines is 1. The Balaban J connectivity index is 1.65. The quantitative estimate of drug-likeness (QED) is 0.611. The smallest absolute Gasteiger partial charge is 0.271 e. The van der Waals surface area contributed by atoms with E-state index in [1.807, 2.05) is 6.92 Å². The molecule has 126 valence electrons. The average Bonchev–Trinajstić information content (AvgIpc) is 3.26. The van der Waals surface area contributed by atoms with Crippen LogP contribution in [0.3, 0.4) is 0 Å². The van der Waals surface area contributed by atoms with Crippen LogP contribution < -0.4 is 10.1 Å². The summed E-state index contributed by atoms with van der Waals surface area (Å²) in [5.41, 5.74) is 4.27. The van der Waals surface area contributed by atoms with Crippen molar-refractivity contribution in [1.82, 2.24) is 5.43 Å². The number of hydrogen-bond donors (Lipinski definition) is 2. The van der Waals surface area contributed by atoms with Crippen LogP contribution in [-0.2, 0) is 10.0 Å². The SMILES string of the molecule is C/C(=N\NC(=O)c1ccc(NS(=O)(=O)c2cccs2)cc1)C1CC1. The molecule has 1 aromatic heterocycles. The lowest BCUT2D eigenvalue weighted by atomic mass is 10.2. The minimum absolute atomic E-state index is 0.245. The summed E-state index contributed by atoms with van der Waals surface area (Å²) in [6.07, 6.45) is 2.26. The Morgan fingerprint density at radius 3 is 2.50 bits per heavy atom. The van der Waals surface area contributed by atoms with Crippen LogP contribution in [0.5, 0.6) is 0 Å². The highest BCUT2D eigenvalue weighted by atomic mass is 32.2. The Morgan fingerprint density at radius 2 is 1.92 bits per heavy atom.